The number of aryl methyl sites for hydroxylation is 1. The summed E-state index contributed by atoms with van der Waals surface area (Å²) in [4.78, 5) is 12.9. The number of ether oxygens (including phenoxy) is 1. The molecule has 1 heterocycles. The van der Waals surface area contributed by atoms with Crippen LogP contribution in [-0.2, 0) is 4.79 Å². The number of hydrogen-bond acceptors (Lipinski definition) is 4. The Morgan fingerprint density at radius 3 is 2.23 bits per heavy atom. The van der Waals surface area contributed by atoms with E-state index in [1.54, 1.807) is 7.11 Å². The van der Waals surface area contributed by atoms with Crippen molar-refractivity contribution in [1.82, 2.24) is 14.8 Å². The highest BCUT2D eigenvalue weighted by Gasteiger charge is 2.27. The van der Waals surface area contributed by atoms with E-state index in [2.05, 4.69) is 49.4 Å². The molecular formula is C33H31N3O3. The molecule has 0 aliphatic heterocycles. The summed E-state index contributed by atoms with van der Waals surface area (Å²) in [5.74, 6) is -0.0276. The van der Waals surface area contributed by atoms with Crippen molar-refractivity contribution in [3.05, 3.63) is 126 Å². The number of hydroxylamine groups is 2. The van der Waals surface area contributed by atoms with E-state index in [1.165, 1.54) is 12.6 Å². The molecule has 0 saturated carbocycles. The highest BCUT2D eigenvalue weighted by molar-refractivity contribution is 5.78. The number of rotatable bonds is 8. The third-order valence-electron chi connectivity index (χ3n) is 6.91. The second kappa shape index (κ2) is 11.4. The van der Waals surface area contributed by atoms with Crippen molar-refractivity contribution in [2.75, 3.05) is 14.2 Å². The van der Waals surface area contributed by atoms with Crippen LogP contribution in [0.3, 0.4) is 0 Å². The van der Waals surface area contributed by atoms with Gasteiger partial charge in [-0.05, 0) is 53.9 Å². The summed E-state index contributed by atoms with van der Waals surface area (Å²) in [7, 11) is 3.00. The summed E-state index contributed by atoms with van der Waals surface area (Å²) in [6.07, 6.45) is 0.0593. The highest BCUT2D eigenvalue weighted by atomic mass is 16.5. The lowest BCUT2D eigenvalue weighted by atomic mass is 9.86. The molecule has 0 aliphatic carbocycles. The highest BCUT2D eigenvalue weighted by Crippen LogP contribution is 2.37. The fourth-order valence-electron chi connectivity index (χ4n) is 4.78. The molecule has 0 fully saturated rings. The van der Waals surface area contributed by atoms with Crippen molar-refractivity contribution in [2.24, 2.45) is 0 Å². The molecule has 1 N–H and O–H groups in total. The molecule has 5 aromatic rings. The first-order valence-corrected chi connectivity index (χ1v) is 12.9. The van der Waals surface area contributed by atoms with E-state index in [-0.39, 0.29) is 6.42 Å². The fourth-order valence-corrected chi connectivity index (χ4v) is 4.78. The van der Waals surface area contributed by atoms with Crippen LogP contribution in [0.15, 0.2) is 109 Å². The molecule has 0 bridgehead atoms. The van der Waals surface area contributed by atoms with Gasteiger partial charge in [0.05, 0.1) is 24.2 Å². The molecule has 0 spiro atoms. The molecule has 1 unspecified atom stereocenters. The Morgan fingerprint density at radius 1 is 0.897 bits per heavy atom. The van der Waals surface area contributed by atoms with Gasteiger partial charge in [0.1, 0.15) is 5.75 Å². The van der Waals surface area contributed by atoms with Crippen molar-refractivity contribution >= 4 is 5.91 Å². The number of benzene rings is 4. The Bertz CT molecular complexity index is 1560. The molecule has 0 radical (unpaired) electrons. The second-order valence-corrected chi connectivity index (χ2v) is 9.56. The summed E-state index contributed by atoms with van der Waals surface area (Å²) in [6, 6.07) is 36.3. The largest absolute Gasteiger partial charge is 0.497 e. The van der Waals surface area contributed by atoms with Crippen LogP contribution < -0.4 is 4.74 Å². The minimum absolute atomic E-state index is 0.0593. The SMILES string of the molecule is COc1ccc(-n2nc(C(CC(=O)N(C)O)c3ccccc3-c3ccccc3)cc2-c2ccc(C)cc2)cc1. The molecule has 6 nitrogen and oxygen atoms in total. The smallest absolute Gasteiger partial charge is 0.246 e. The monoisotopic (exact) mass is 517 g/mol. The first kappa shape index (κ1) is 25.9. The fraction of sp³-hybridized carbons (Fsp3) is 0.152. The molecule has 4 aromatic carbocycles. The third kappa shape index (κ3) is 5.61. The second-order valence-electron chi connectivity index (χ2n) is 9.56. The van der Waals surface area contributed by atoms with Crippen LogP contribution in [0, 0.1) is 6.92 Å². The number of nitrogens with zero attached hydrogens (tertiary/aromatic N) is 3. The Kier molecular flexibility index (Phi) is 7.57. The quantitative estimate of drug-likeness (QED) is 0.180. The van der Waals surface area contributed by atoms with Crippen molar-refractivity contribution in [2.45, 2.75) is 19.3 Å². The molecular weight excluding hydrogens is 486 g/mol. The summed E-state index contributed by atoms with van der Waals surface area (Å²) >= 11 is 0. The predicted octanol–water partition coefficient (Wildman–Crippen LogP) is 6.89. The standard InChI is InChI=1S/C33H31N3O3/c1-23-13-15-25(16-14-23)32-22-31(34-36(32)26-17-19-27(39-3)20-18-26)30(21-33(37)35(2)38)29-12-8-7-11-28(29)24-9-5-4-6-10-24/h4-20,22,30,38H,21H2,1-3H3. The van der Waals surface area contributed by atoms with Crippen molar-refractivity contribution < 1.29 is 14.7 Å². The first-order chi connectivity index (χ1) is 18.9. The average Bonchev–Trinajstić information content (AvgIpc) is 3.42. The lowest BCUT2D eigenvalue weighted by Gasteiger charge is -2.20. The summed E-state index contributed by atoms with van der Waals surface area (Å²) < 4.78 is 7.27. The normalized spacial score (nSPS) is 11.7. The van der Waals surface area contributed by atoms with E-state index >= 15 is 0 Å². The van der Waals surface area contributed by atoms with E-state index < -0.39 is 11.8 Å². The van der Waals surface area contributed by atoms with E-state index in [1.807, 2.05) is 71.4 Å². The number of carbonyl (C=O) groups is 1. The lowest BCUT2D eigenvalue weighted by Crippen LogP contribution is -2.25. The van der Waals surface area contributed by atoms with Crippen LogP contribution in [0.5, 0.6) is 5.75 Å². The summed E-state index contributed by atoms with van der Waals surface area (Å²) in [6.45, 7) is 2.06. The van der Waals surface area contributed by atoms with Crippen LogP contribution in [0.2, 0.25) is 0 Å². The van der Waals surface area contributed by atoms with Crippen molar-refractivity contribution in [1.29, 1.82) is 0 Å². The molecule has 6 heteroatoms. The molecule has 1 amide bonds. The third-order valence-corrected chi connectivity index (χ3v) is 6.91. The van der Waals surface area contributed by atoms with Crippen LogP contribution in [-0.4, -0.2) is 40.1 Å². The summed E-state index contributed by atoms with van der Waals surface area (Å²) in [5.41, 5.74) is 7.73. The number of aromatic nitrogens is 2. The van der Waals surface area contributed by atoms with Crippen LogP contribution in [0.25, 0.3) is 28.1 Å². The number of carbonyl (C=O) groups excluding carboxylic acids is 1. The first-order valence-electron chi connectivity index (χ1n) is 12.9. The molecule has 0 aliphatic rings. The number of amides is 1. The van der Waals surface area contributed by atoms with Crippen LogP contribution in [0.4, 0.5) is 0 Å². The van der Waals surface area contributed by atoms with Gasteiger partial charge in [0.15, 0.2) is 0 Å². The average molecular weight is 518 g/mol. The maximum absolute atomic E-state index is 12.9. The van der Waals surface area contributed by atoms with Gasteiger partial charge in [0, 0.05) is 24.9 Å². The molecule has 196 valence electrons. The van der Waals surface area contributed by atoms with E-state index in [9.17, 15) is 10.0 Å². The van der Waals surface area contributed by atoms with Crippen molar-refractivity contribution in [3.8, 4) is 33.8 Å². The molecule has 5 rings (SSSR count). The van der Waals surface area contributed by atoms with E-state index in [0.29, 0.717) is 5.06 Å². The molecule has 0 saturated heterocycles. The minimum Gasteiger partial charge on any atom is -0.497 e. The van der Waals surface area contributed by atoms with Gasteiger partial charge in [0.2, 0.25) is 5.91 Å². The Hall–Kier alpha value is -4.68. The van der Waals surface area contributed by atoms with Gasteiger partial charge in [0.25, 0.3) is 0 Å². The maximum atomic E-state index is 12.9. The number of methoxy groups -OCH3 is 1. The van der Waals surface area contributed by atoms with Gasteiger partial charge in [-0.2, -0.15) is 5.10 Å². The number of hydrogen-bond donors (Lipinski definition) is 1. The zero-order chi connectivity index (χ0) is 27.4. The van der Waals surface area contributed by atoms with E-state index in [4.69, 9.17) is 9.84 Å². The summed E-state index contributed by atoms with van der Waals surface area (Å²) in [5, 5.41) is 15.7. The van der Waals surface area contributed by atoms with Gasteiger partial charge in [-0.3, -0.25) is 10.0 Å². The van der Waals surface area contributed by atoms with Gasteiger partial charge >= 0.3 is 0 Å². The van der Waals surface area contributed by atoms with E-state index in [0.717, 1.165) is 45.1 Å². The van der Waals surface area contributed by atoms with Crippen LogP contribution >= 0.6 is 0 Å². The zero-order valence-corrected chi connectivity index (χ0v) is 22.3. The Labute approximate surface area is 228 Å². The van der Waals surface area contributed by atoms with Crippen LogP contribution in [0.1, 0.15) is 29.2 Å². The Balaban J connectivity index is 1.70. The lowest BCUT2D eigenvalue weighted by molar-refractivity contribution is -0.159. The Morgan fingerprint density at radius 2 is 1.56 bits per heavy atom. The predicted molar refractivity (Wildman–Crippen MR) is 153 cm³/mol. The molecule has 39 heavy (non-hydrogen) atoms. The van der Waals surface area contributed by atoms with Gasteiger partial charge in [-0.15, -0.1) is 0 Å². The van der Waals surface area contributed by atoms with Gasteiger partial charge < -0.3 is 4.74 Å². The van der Waals surface area contributed by atoms with Gasteiger partial charge in [-0.1, -0.05) is 84.4 Å². The molecule has 1 atom stereocenters. The topological polar surface area (TPSA) is 67.6 Å². The molecule has 1 aromatic heterocycles. The van der Waals surface area contributed by atoms with Gasteiger partial charge in [-0.25, -0.2) is 9.75 Å². The maximum Gasteiger partial charge on any atom is 0.246 e. The zero-order valence-electron chi connectivity index (χ0n) is 22.3. The van der Waals surface area contributed by atoms with Crippen molar-refractivity contribution in [3.63, 3.8) is 0 Å². The minimum atomic E-state index is -0.396.